The number of nitrogens with one attached hydrogen (secondary N) is 1. The molecule has 1 saturated heterocycles. The average molecular weight is 270 g/mol. The molecule has 0 aromatic heterocycles. The Balaban J connectivity index is 2.76. The highest BCUT2D eigenvalue weighted by atomic mass is 16.5. The topological polar surface area (TPSA) is 58.6 Å². The Morgan fingerprint density at radius 3 is 2.63 bits per heavy atom. The number of carbonyl (C=O) groups excluding carboxylic acids is 2. The minimum atomic E-state index is -0.504. The molecule has 1 heterocycles. The predicted octanol–water partition coefficient (Wildman–Crippen LogP) is 1.52. The molecule has 0 radical (unpaired) electrons. The molecular formula is C14H26N2O3. The third-order valence-electron chi connectivity index (χ3n) is 3.78. The number of esters is 1. The summed E-state index contributed by atoms with van der Waals surface area (Å²) in [6, 6.07) is 0. The molecule has 1 fully saturated rings. The zero-order valence-electron chi connectivity index (χ0n) is 12.7. The molecule has 5 heteroatoms. The molecule has 1 aliphatic heterocycles. The molecule has 0 spiro atoms. The van der Waals surface area contributed by atoms with Crippen LogP contribution in [0.3, 0.4) is 0 Å². The fourth-order valence-electron chi connectivity index (χ4n) is 2.42. The molecule has 2 unspecified atom stereocenters. The van der Waals surface area contributed by atoms with Gasteiger partial charge in [0.2, 0.25) is 5.91 Å². The Kier molecular flexibility index (Phi) is 5.35. The molecule has 1 amide bonds. The first-order valence-corrected chi connectivity index (χ1v) is 6.99. The van der Waals surface area contributed by atoms with Crippen LogP contribution >= 0.6 is 0 Å². The number of rotatable bonds is 6. The molecule has 1 aliphatic rings. The average Bonchev–Trinajstić information content (AvgIpc) is 2.59. The molecule has 0 saturated carbocycles. The highest BCUT2D eigenvalue weighted by molar-refractivity contribution is 5.88. The molecule has 0 bridgehead atoms. The summed E-state index contributed by atoms with van der Waals surface area (Å²) in [7, 11) is 1.37. The van der Waals surface area contributed by atoms with Crippen molar-refractivity contribution in [2.75, 3.05) is 13.7 Å². The number of carbonyl (C=O) groups is 2. The SMILES string of the molecule is CCC1(C)NC(CC(C)C)N(CCC(=O)OC)C1=O. The normalized spacial score (nSPS) is 27.2. The highest BCUT2D eigenvalue weighted by Crippen LogP contribution is 2.26. The van der Waals surface area contributed by atoms with Crippen LogP contribution in [0.2, 0.25) is 0 Å². The lowest BCUT2D eigenvalue weighted by molar-refractivity contribution is -0.142. The minimum Gasteiger partial charge on any atom is -0.469 e. The molecule has 0 aromatic rings. The number of methoxy groups -OCH3 is 1. The van der Waals surface area contributed by atoms with Crippen LogP contribution in [0.25, 0.3) is 0 Å². The number of hydrogen-bond acceptors (Lipinski definition) is 4. The van der Waals surface area contributed by atoms with Gasteiger partial charge in [-0.3, -0.25) is 14.9 Å². The van der Waals surface area contributed by atoms with E-state index in [0.29, 0.717) is 12.5 Å². The number of hydrogen-bond donors (Lipinski definition) is 1. The van der Waals surface area contributed by atoms with Gasteiger partial charge in [-0.05, 0) is 25.7 Å². The molecular weight excluding hydrogens is 244 g/mol. The maximum absolute atomic E-state index is 12.5. The Morgan fingerprint density at radius 1 is 1.53 bits per heavy atom. The van der Waals surface area contributed by atoms with E-state index in [-0.39, 0.29) is 24.5 Å². The van der Waals surface area contributed by atoms with Crippen molar-refractivity contribution in [3.05, 3.63) is 0 Å². The summed E-state index contributed by atoms with van der Waals surface area (Å²) in [6.45, 7) is 8.62. The summed E-state index contributed by atoms with van der Waals surface area (Å²) in [6.07, 6.45) is 1.90. The second kappa shape index (κ2) is 6.37. The molecule has 0 aromatic carbocycles. The van der Waals surface area contributed by atoms with Crippen LogP contribution in [-0.2, 0) is 14.3 Å². The minimum absolute atomic E-state index is 0.0158. The standard InChI is InChI=1S/C14H26N2O3/c1-6-14(4)13(18)16(8-7-12(17)19-5)11(15-14)9-10(2)3/h10-11,15H,6-9H2,1-5H3. The predicted molar refractivity (Wildman–Crippen MR) is 73.4 cm³/mol. The summed E-state index contributed by atoms with van der Waals surface area (Å²) >= 11 is 0. The fourth-order valence-corrected chi connectivity index (χ4v) is 2.42. The summed E-state index contributed by atoms with van der Waals surface area (Å²) < 4.78 is 4.64. The molecule has 5 nitrogen and oxygen atoms in total. The first kappa shape index (κ1) is 16.0. The van der Waals surface area contributed by atoms with Gasteiger partial charge >= 0.3 is 5.97 Å². The number of amides is 1. The summed E-state index contributed by atoms with van der Waals surface area (Å²) in [5.74, 6) is 0.302. The zero-order valence-corrected chi connectivity index (χ0v) is 12.7. The van der Waals surface area contributed by atoms with Crippen LogP contribution in [-0.4, -0.2) is 42.1 Å². The monoisotopic (exact) mass is 270 g/mol. The van der Waals surface area contributed by atoms with Gasteiger partial charge in [-0.15, -0.1) is 0 Å². The van der Waals surface area contributed by atoms with Gasteiger partial charge in [-0.25, -0.2) is 0 Å². The van der Waals surface area contributed by atoms with Crippen molar-refractivity contribution >= 4 is 11.9 Å². The van der Waals surface area contributed by atoms with E-state index in [1.807, 2.05) is 13.8 Å². The third-order valence-corrected chi connectivity index (χ3v) is 3.78. The summed E-state index contributed by atoms with van der Waals surface area (Å²) in [5.41, 5.74) is -0.504. The Bertz CT molecular complexity index is 344. The lowest BCUT2D eigenvalue weighted by atomic mass is 9.99. The van der Waals surface area contributed by atoms with Crippen LogP contribution < -0.4 is 5.32 Å². The van der Waals surface area contributed by atoms with E-state index >= 15 is 0 Å². The maximum atomic E-state index is 12.5. The van der Waals surface area contributed by atoms with E-state index in [1.54, 1.807) is 4.90 Å². The van der Waals surface area contributed by atoms with Gasteiger partial charge in [0, 0.05) is 6.54 Å². The fraction of sp³-hybridized carbons (Fsp3) is 0.857. The third kappa shape index (κ3) is 3.69. The lowest BCUT2D eigenvalue weighted by Gasteiger charge is -2.25. The molecule has 110 valence electrons. The largest absolute Gasteiger partial charge is 0.469 e. The van der Waals surface area contributed by atoms with E-state index in [1.165, 1.54) is 7.11 Å². The van der Waals surface area contributed by atoms with Gasteiger partial charge in [0.25, 0.3) is 0 Å². The molecule has 1 rings (SSSR count). The van der Waals surface area contributed by atoms with Crippen LogP contribution in [0, 0.1) is 5.92 Å². The van der Waals surface area contributed by atoms with E-state index in [0.717, 1.165) is 12.8 Å². The Morgan fingerprint density at radius 2 is 2.16 bits per heavy atom. The van der Waals surface area contributed by atoms with Gasteiger partial charge in [0.1, 0.15) is 0 Å². The van der Waals surface area contributed by atoms with E-state index < -0.39 is 5.54 Å². The highest BCUT2D eigenvalue weighted by Gasteiger charge is 2.46. The van der Waals surface area contributed by atoms with Gasteiger partial charge in [0.15, 0.2) is 0 Å². The van der Waals surface area contributed by atoms with Crippen LogP contribution in [0.5, 0.6) is 0 Å². The van der Waals surface area contributed by atoms with Gasteiger partial charge < -0.3 is 9.64 Å². The Labute approximate surface area is 115 Å². The van der Waals surface area contributed by atoms with Crippen molar-refractivity contribution in [2.45, 2.75) is 58.7 Å². The van der Waals surface area contributed by atoms with Gasteiger partial charge in [-0.2, -0.15) is 0 Å². The lowest BCUT2D eigenvalue weighted by Crippen LogP contribution is -2.44. The van der Waals surface area contributed by atoms with Gasteiger partial charge in [-0.1, -0.05) is 20.8 Å². The summed E-state index contributed by atoms with van der Waals surface area (Å²) in [5, 5.41) is 3.41. The summed E-state index contributed by atoms with van der Waals surface area (Å²) in [4.78, 5) is 25.5. The van der Waals surface area contributed by atoms with Crippen molar-refractivity contribution in [3.8, 4) is 0 Å². The van der Waals surface area contributed by atoms with Crippen LogP contribution in [0.15, 0.2) is 0 Å². The first-order chi connectivity index (χ1) is 8.84. The zero-order chi connectivity index (χ0) is 14.6. The quantitative estimate of drug-likeness (QED) is 0.744. The second-order valence-electron chi connectivity index (χ2n) is 5.80. The number of ether oxygens (including phenoxy) is 1. The molecule has 19 heavy (non-hydrogen) atoms. The van der Waals surface area contributed by atoms with Crippen LogP contribution in [0.1, 0.15) is 47.0 Å². The Hall–Kier alpha value is -1.10. The van der Waals surface area contributed by atoms with Crippen molar-refractivity contribution in [1.29, 1.82) is 0 Å². The van der Waals surface area contributed by atoms with Crippen molar-refractivity contribution in [1.82, 2.24) is 10.2 Å². The molecule has 0 aliphatic carbocycles. The van der Waals surface area contributed by atoms with Crippen LogP contribution in [0.4, 0.5) is 0 Å². The van der Waals surface area contributed by atoms with E-state index in [9.17, 15) is 9.59 Å². The van der Waals surface area contributed by atoms with Crippen molar-refractivity contribution < 1.29 is 14.3 Å². The van der Waals surface area contributed by atoms with Crippen molar-refractivity contribution in [2.24, 2.45) is 5.92 Å². The first-order valence-electron chi connectivity index (χ1n) is 6.99. The molecule has 1 N–H and O–H groups in total. The second-order valence-corrected chi connectivity index (χ2v) is 5.80. The molecule has 2 atom stereocenters. The number of nitrogens with zero attached hydrogens (tertiary/aromatic N) is 1. The van der Waals surface area contributed by atoms with Gasteiger partial charge in [0.05, 0.1) is 25.2 Å². The maximum Gasteiger partial charge on any atom is 0.307 e. The van der Waals surface area contributed by atoms with E-state index in [4.69, 9.17) is 0 Å². The smallest absolute Gasteiger partial charge is 0.307 e. The van der Waals surface area contributed by atoms with Crippen molar-refractivity contribution in [3.63, 3.8) is 0 Å². The van der Waals surface area contributed by atoms with E-state index in [2.05, 4.69) is 23.9 Å².